The molecule has 1 fully saturated rings. The molecule has 1 aromatic carbocycles. The lowest BCUT2D eigenvalue weighted by Gasteiger charge is -2.25. The number of hydrogen-bond donors (Lipinski definition) is 2. The first-order chi connectivity index (χ1) is 8.79. The van der Waals surface area contributed by atoms with E-state index in [1.54, 1.807) is 0 Å². The summed E-state index contributed by atoms with van der Waals surface area (Å²) in [5.74, 6) is 1.45. The van der Waals surface area contributed by atoms with Crippen molar-refractivity contribution in [2.75, 3.05) is 13.2 Å². The van der Waals surface area contributed by atoms with Crippen molar-refractivity contribution >= 4 is 0 Å². The standard InChI is InChI=1S/C15H22O3/c16-10-1-11-18-15-8-4-13(5-9-15)12-2-6-14(17)7-3-12/h4-5,8-9,12,14,16-17H,1-3,6-7,10-11H2. The zero-order chi connectivity index (χ0) is 12.8. The van der Waals surface area contributed by atoms with Gasteiger partial charge in [0.15, 0.2) is 0 Å². The maximum Gasteiger partial charge on any atom is 0.119 e. The molecule has 3 nitrogen and oxygen atoms in total. The van der Waals surface area contributed by atoms with Gasteiger partial charge in [-0.2, -0.15) is 0 Å². The van der Waals surface area contributed by atoms with E-state index in [4.69, 9.17) is 9.84 Å². The zero-order valence-electron chi connectivity index (χ0n) is 10.7. The Labute approximate surface area is 108 Å². The van der Waals surface area contributed by atoms with Crippen molar-refractivity contribution in [1.29, 1.82) is 0 Å². The molecule has 0 saturated heterocycles. The average Bonchev–Trinajstić information content (AvgIpc) is 2.41. The first-order valence-electron chi connectivity index (χ1n) is 6.81. The molecule has 0 atom stereocenters. The van der Waals surface area contributed by atoms with Crippen molar-refractivity contribution in [3.05, 3.63) is 29.8 Å². The summed E-state index contributed by atoms with van der Waals surface area (Å²) >= 11 is 0. The molecule has 1 aliphatic carbocycles. The van der Waals surface area contributed by atoms with Crippen LogP contribution >= 0.6 is 0 Å². The molecular weight excluding hydrogens is 228 g/mol. The highest BCUT2D eigenvalue weighted by molar-refractivity contribution is 5.29. The average molecular weight is 250 g/mol. The van der Waals surface area contributed by atoms with E-state index in [-0.39, 0.29) is 12.7 Å². The van der Waals surface area contributed by atoms with Crippen LogP contribution in [-0.4, -0.2) is 29.5 Å². The molecule has 0 bridgehead atoms. The lowest BCUT2D eigenvalue weighted by molar-refractivity contribution is 0.122. The third kappa shape index (κ3) is 3.72. The minimum atomic E-state index is -0.0951. The summed E-state index contributed by atoms with van der Waals surface area (Å²) in [5.41, 5.74) is 1.34. The van der Waals surface area contributed by atoms with E-state index in [1.807, 2.05) is 12.1 Å². The Balaban J connectivity index is 1.87. The van der Waals surface area contributed by atoms with Gasteiger partial charge in [-0.25, -0.2) is 0 Å². The highest BCUT2D eigenvalue weighted by Gasteiger charge is 2.20. The minimum absolute atomic E-state index is 0.0951. The Bertz CT molecular complexity index is 339. The van der Waals surface area contributed by atoms with Crippen LogP contribution in [0, 0.1) is 0 Å². The first-order valence-corrected chi connectivity index (χ1v) is 6.81. The van der Waals surface area contributed by atoms with Crippen molar-refractivity contribution in [3.63, 3.8) is 0 Å². The lowest BCUT2D eigenvalue weighted by atomic mass is 9.83. The van der Waals surface area contributed by atoms with Gasteiger partial charge in [-0.05, 0) is 49.3 Å². The SMILES string of the molecule is OCCCOc1ccc(C2CCC(O)CC2)cc1. The number of rotatable bonds is 5. The van der Waals surface area contributed by atoms with E-state index in [1.165, 1.54) is 5.56 Å². The summed E-state index contributed by atoms with van der Waals surface area (Å²) in [6, 6.07) is 8.24. The number of aliphatic hydroxyl groups is 2. The van der Waals surface area contributed by atoms with E-state index < -0.39 is 0 Å². The highest BCUT2D eigenvalue weighted by atomic mass is 16.5. The molecule has 3 heteroatoms. The molecule has 1 saturated carbocycles. The summed E-state index contributed by atoms with van der Waals surface area (Å²) in [7, 11) is 0. The normalized spacial score (nSPS) is 23.9. The first kappa shape index (κ1) is 13.4. The Morgan fingerprint density at radius 1 is 1.06 bits per heavy atom. The second kappa shape index (κ2) is 6.76. The maximum atomic E-state index is 9.50. The molecule has 0 heterocycles. The van der Waals surface area contributed by atoms with Crippen molar-refractivity contribution in [3.8, 4) is 5.75 Å². The van der Waals surface area contributed by atoms with Crippen LogP contribution in [0.5, 0.6) is 5.75 Å². The predicted octanol–water partition coefficient (Wildman–Crippen LogP) is 2.47. The van der Waals surface area contributed by atoms with Crippen LogP contribution in [0.3, 0.4) is 0 Å². The molecule has 2 rings (SSSR count). The van der Waals surface area contributed by atoms with Gasteiger partial charge in [0.25, 0.3) is 0 Å². The maximum absolute atomic E-state index is 9.50. The number of ether oxygens (including phenoxy) is 1. The monoisotopic (exact) mass is 250 g/mol. The molecule has 0 aliphatic heterocycles. The Hall–Kier alpha value is -1.06. The molecule has 0 radical (unpaired) electrons. The largest absolute Gasteiger partial charge is 0.494 e. The fourth-order valence-corrected chi connectivity index (χ4v) is 2.50. The smallest absolute Gasteiger partial charge is 0.119 e. The predicted molar refractivity (Wildman–Crippen MR) is 70.9 cm³/mol. The second-order valence-corrected chi connectivity index (χ2v) is 5.00. The quantitative estimate of drug-likeness (QED) is 0.789. The van der Waals surface area contributed by atoms with E-state index in [2.05, 4.69) is 12.1 Å². The van der Waals surface area contributed by atoms with Gasteiger partial charge in [-0.3, -0.25) is 0 Å². The molecule has 18 heavy (non-hydrogen) atoms. The van der Waals surface area contributed by atoms with Crippen LogP contribution in [0.1, 0.15) is 43.6 Å². The van der Waals surface area contributed by atoms with Crippen LogP contribution in [-0.2, 0) is 0 Å². The molecule has 0 spiro atoms. The Kier molecular flexibility index (Phi) is 5.02. The molecule has 0 amide bonds. The van der Waals surface area contributed by atoms with Crippen LogP contribution in [0.4, 0.5) is 0 Å². The summed E-state index contributed by atoms with van der Waals surface area (Å²) in [4.78, 5) is 0. The van der Waals surface area contributed by atoms with Crippen molar-refractivity contribution in [2.24, 2.45) is 0 Å². The molecule has 0 aromatic heterocycles. The summed E-state index contributed by atoms with van der Waals surface area (Å²) < 4.78 is 5.51. The van der Waals surface area contributed by atoms with Crippen LogP contribution in [0.25, 0.3) is 0 Å². The molecule has 1 aromatic rings. The highest BCUT2D eigenvalue weighted by Crippen LogP contribution is 2.33. The summed E-state index contributed by atoms with van der Waals surface area (Å²) in [6.45, 7) is 0.730. The number of hydrogen-bond acceptors (Lipinski definition) is 3. The van der Waals surface area contributed by atoms with E-state index in [0.717, 1.165) is 31.4 Å². The molecule has 0 unspecified atom stereocenters. The van der Waals surface area contributed by atoms with Gasteiger partial charge < -0.3 is 14.9 Å². The molecule has 2 N–H and O–H groups in total. The van der Waals surface area contributed by atoms with Gasteiger partial charge in [0, 0.05) is 13.0 Å². The van der Waals surface area contributed by atoms with Gasteiger partial charge in [-0.15, -0.1) is 0 Å². The second-order valence-electron chi connectivity index (χ2n) is 5.00. The number of benzene rings is 1. The number of aliphatic hydroxyl groups excluding tert-OH is 2. The van der Waals surface area contributed by atoms with Crippen LogP contribution in [0.2, 0.25) is 0 Å². The van der Waals surface area contributed by atoms with Gasteiger partial charge in [0.2, 0.25) is 0 Å². The van der Waals surface area contributed by atoms with Gasteiger partial charge in [-0.1, -0.05) is 12.1 Å². The summed E-state index contributed by atoms with van der Waals surface area (Å²) in [5, 5.41) is 18.2. The Morgan fingerprint density at radius 2 is 1.72 bits per heavy atom. The van der Waals surface area contributed by atoms with Crippen LogP contribution in [0.15, 0.2) is 24.3 Å². The molecule has 100 valence electrons. The van der Waals surface area contributed by atoms with Crippen molar-refractivity contribution < 1.29 is 14.9 Å². The van der Waals surface area contributed by atoms with Crippen molar-refractivity contribution in [1.82, 2.24) is 0 Å². The topological polar surface area (TPSA) is 49.7 Å². The third-order valence-corrected chi connectivity index (χ3v) is 3.62. The van der Waals surface area contributed by atoms with Gasteiger partial charge >= 0.3 is 0 Å². The molecular formula is C15H22O3. The lowest BCUT2D eigenvalue weighted by Crippen LogP contribution is -2.16. The summed E-state index contributed by atoms with van der Waals surface area (Å²) in [6.07, 6.45) is 4.56. The fourth-order valence-electron chi connectivity index (χ4n) is 2.50. The minimum Gasteiger partial charge on any atom is -0.494 e. The van der Waals surface area contributed by atoms with E-state index in [9.17, 15) is 5.11 Å². The fraction of sp³-hybridized carbons (Fsp3) is 0.600. The molecule has 1 aliphatic rings. The zero-order valence-corrected chi connectivity index (χ0v) is 10.7. The van der Waals surface area contributed by atoms with E-state index >= 15 is 0 Å². The third-order valence-electron chi connectivity index (χ3n) is 3.62. The van der Waals surface area contributed by atoms with Gasteiger partial charge in [0.1, 0.15) is 5.75 Å². The Morgan fingerprint density at radius 3 is 2.33 bits per heavy atom. The van der Waals surface area contributed by atoms with E-state index in [0.29, 0.717) is 18.9 Å². The van der Waals surface area contributed by atoms with Gasteiger partial charge in [0.05, 0.1) is 12.7 Å². The van der Waals surface area contributed by atoms with Crippen molar-refractivity contribution in [2.45, 2.75) is 44.1 Å². The van der Waals surface area contributed by atoms with Crippen LogP contribution < -0.4 is 4.74 Å².